The number of fused-ring (bicyclic) bond motifs is 1. The molecule has 0 unspecified atom stereocenters. The minimum absolute atomic E-state index is 0.0360. The number of aromatic nitrogens is 4. The van der Waals surface area contributed by atoms with E-state index in [2.05, 4.69) is 30.9 Å². The van der Waals surface area contributed by atoms with Crippen LogP contribution in [0.2, 0.25) is 0 Å². The Morgan fingerprint density at radius 3 is 3.00 bits per heavy atom. The van der Waals surface area contributed by atoms with Crippen molar-refractivity contribution in [3.8, 4) is 0 Å². The number of imidazole rings is 1. The molecule has 7 nitrogen and oxygen atoms in total. The molecule has 1 fully saturated rings. The van der Waals surface area contributed by atoms with Gasteiger partial charge < -0.3 is 13.7 Å². The van der Waals surface area contributed by atoms with Crippen LogP contribution in [0.25, 0.3) is 5.65 Å². The molecule has 0 radical (unpaired) electrons. The minimum atomic E-state index is 0.0360. The van der Waals surface area contributed by atoms with Gasteiger partial charge in [0.2, 0.25) is 5.89 Å². The molecular formula is C17H21N5O2. The van der Waals surface area contributed by atoms with Crippen LogP contribution < -0.4 is 5.32 Å². The van der Waals surface area contributed by atoms with Gasteiger partial charge in [0.25, 0.3) is 0 Å². The molecule has 1 aliphatic rings. The topological polar surface area (TPSA) is 77.5 Å². The predicted octanol–water partition coefficient (Wildman–Crippen LogP) is 2.28. The molecule has 7 heteroatoms. The van der Waals surface area contributed by atoms with Crippen LogP contribution in [0.4, 0.5) is 0 Å². The fraction of sp³-hybridized carbons (Fsp3) is 0.471. The molecule has 0 aromatic carbocycles. The number of nitrogens with one attached hydrogen (secondary N) is 1. The zero-order valence-electron chi connectivity index (χ0n) is 13.7. The predicted molar refractivity (Wildman–Crippen MR) is 87.4 cm³/mol. The number of rotatable bonds is 5. The SMILES string of the molecule is Cc1noc([C@H](NCc2cccc3nccn23)C2CCOCC2)n1. The van der Waals surface area contributed by atoms with E-state index in [1.807, 2.05) is 31.5 Å². The molecule has 126 valence electrons. The lowest BCUT2D eigenvalue weighted by molar-refractivity contribution is 0.0485. The summed E-state index contributed by atoms with van der Waals surface area (Å²) in [6, 6.07) is 6.16. The third-order valence-electron chi connectivity index (χ3n) is 4.56. The quantitative estimate of drug-likeness (QED) is 0.775. The van der Waals surface area contributed by atoms with E-state index in [1.54, 1.807) is 0 Å². The summed E-state index contributed by atoms with van der Waals surface area (Å²) in [5.74, 6) is 1.76. The van der Waals surface area contributed by atoms with E-state index in [1.165, 1.54) is 0 Å². The van der Waals surface area contributed by atoms with Crippen molar-refractivity contribution in [2.24, 2.45) is 5.92 Å². The van der Waals surface area contributed by atoms with Crippen molar-refractivity contribution >= 4 is 5.65 Å². The molecule has 1 N–H and O–H groups in total. The second-order valence-electron chi connectivity index (χ2n) is 6.16. The Kier molecular flexibility index (Phi) is 4.27. The second kappa shape index (κ2) is 6.70. The molecule has 4 rings (SSSR count). The van der Waals surface area contributed by atoms with E-state index in [9.17, 15) is 0 Å². The maximum absolute atomic E-state index is 5.49. The summed E-state index contributed by atoms with van der Waals surface area (Å²) in [7, 11) is 0. The summed E-state index contributed by atoms with van der Waals surface area (Å²) >= 11 is 0. The van der Waals surface area contributed by atoms with Gasteiger partial charge in [-0.15, -0.1) is 0 Å². The zero-order chi connectivity index (χ0) is 16.4. The Labute approximate surface area is 140 Å². The van der Waals surface area contributed by atoms with Crippen molar-refractivity contribution in [2.75, 3.05) is 13.2 Å². The first-order valence-electron chi connectivity index (χ1n) is 8.33. The van der Waals surface area contributed by atoms with Crippen molar-refractivity contribution in [1.29, 1.82) is 0 Å². The highest BCUT2D eigenvalue weighted by Crippen LogP contribution is 2.29. The molecule has 0 amide bonds. The van der Waals surface area contributed by atoms with Crippen molar-refractivity contribution in [1.82, 2.24) is 24.8 Å². The Bertz CT molecular complexity index is 806. The van der Waals surface area contributed by atoms with Crippen LogP contribution in [0.5, 0.6) is 0 Å². The van der Waals surface area contributed by atoms with Gasteiger partial charge in [0.15, 0.2) is 5.82 Å². The number of pyridine rings is 1. The van der Waals surface area contributed by atoms with Crippen molar-refractivity contribution < 1.29 is 9.26 Å². The number of hydrogen-bond acceptors (Lipinski definition) is 6. The van der Waals surface area contributed by atoms with Crippen molar-refractivity contribution in [2.45, 2.75) is 32.4 Å². The maximum Gasteiger partial charge on any atom is 0.244 e. The first-order chi connectivity index (χ1) is 11.8. The van der Waals surface area contributed by atoms with Crippen LogP contribution >= 0.6 is 0 Å². The average molecular weight is 327 g/mol. The van der Waals surface area contributed by atoms with Crippen LogP contribution in [0.1, 0.15) is 36.3 Å². The lowest BCUT2D eigenvalue weighted by Gasteiger charge is -2.28. The third-order valence-corrected chi connectivity index (χ3v) is 4.56. The first-order valence-corrected chi connectivity index (χ1v) is 8.33. The molecule has 0 saturated carbocycles. The van der Waals surface area contributed by atoms with E-state index in [-0.39, 0.29) is 6.04 Å². The molecule has 0 bridgehead atoms. The average Bonchev–Trinajstić information content (AvgIpc) is 3.25. The third kappa shape index (κ3) is 3.05. The largest absolute Gasteiger partial charge is 0.381 e. The summed E-state index contributed by atoms with van der Waals surface area (Å²) in [6.45, 7) is 4.12. The maximum atomic E-state index is 5.49. The monoisotopic (exact) mass is 327 g/mol. The van der Waals surface area contributed by atoms with Crippen LogP contribution in [0, 0.1) is 12.8 Å². The molecule has 1 atom stereocenters. The molecular weight excluding hydrogens is 306 g/mol. The van der Waals surface area contributed by atoms with Gasteiger partial charge in [-0.05, 0) is 37.8 Å². The number of aryl methyl sites for hydroxylation is 1. The summed E-state index contributed by atoms with van der Waals surface area (Å²) in [6.07, 6.45) is 5.78. The molecule has 0 spiro atoms. The van der Waals surface area contributed by atoms with Gasteiger partial charge in [-0.3, -0.25) is 5.32 Å². The Morgan fingerprint density at radius 1 is 1.33 bits per heavy atom. The molecule has 3 aromatic heterocycles. The Hall–Kier alpha value is -2.25. The van der Waals surface area contributed by atoms with E-state index in [0.29, 0.717) is 24.2 Å². The van der Waals surface area contributed by atoms with Gasteiger partial charge in [0.05, 0.1) is 6.04 Å². The van der Waals surface area contributed by atoms with Crippen LogP contribution in [-0.2, 0) is 11.3 Å². The summed E-state index contributed by atoms with van der Waals surface area (Å²) in [4.78, 5) is 8.79. The smallest absolute Gasteiger partial charge is 0.244 e. The van der Waals surface area contributed by atoms with Crippen LogP contribution in [0.15, 0.2) is 35.1 Å². The van der Waals surface area contributed by atoms with E-state index in [4.69, 9.17) is 9.26 Å². The molecule has 24 heavy (non-hydrogen) atoms. The zero-order valence-corrected chi connectivity index (χ0v) is 13.7. The molecule has 1 saturated heterocycles. The fourth-order valence-corrected chi connectivity index (χ4v) is 3.31. The van der Waals surface area contributed by atoms with E-state index >= 15 is 0 Å². The molecule has 4 heterocycles. The molecule has 3 aromatic rings. The lowest BCUT2D eigenvalue weighted by atomic mass is 9.91. The van der Waals surface area contributed by atoms with E-state index < -0.39 is 0 Å². The minimum Gasteiger partial charge on any atom is -0.381 e. The Balaban J connectivity index is 1.56. The lowest BCUT2D eigenvalue weighted by Crippen LogP contribution is -2.32. The summed E-state index contributed by atoms with van der Waals surface area (Å²) in [5.41, 5.74) is 2.10. The highest BCUT2D eigenvalue weighted by Gasteiger charge is 2.29. The van der Waals surface area contributed by atoms with Gasteiger partial charge in [-0.1, -0.05) is 11.2 Å². The van der Waals surface area contributed by atoms with Gasteiger partial charge in [0.1, 0.15) is 5.65 Å². The van der Waals surface area contributed by atoms with Gasteiger partial charge in [0, 0.05) is 37.8 Å². The van der Waals surface area contributed by atoms with Gasteiger partial charge in [-0.25, -0.2) is 4.98 Å². The Morgan fingerprint density at radius 2 is 2.21 bits per heavy atom. The summed E-state index contributed by atoms with van der Waals surface area (Å²) in [5, 5.41) is 7.57. The normalized spacial score (nSPS) is 17.4. The van der Waals surface area contributed by atoms with Gasteiger partial charge >= 0.3 is 0 Å². The molecule has 0 aliphatic carbocycles. The van der Waals surface area contributed by atoms with Crippen LogP contribution in [-0.4, -0.2) is 32.7 Å². The number of hydrogen-bond donors (Lipinski definition) is 1. The highest BCUT2D eigenvalue weighted by atomic mass is 16.5. The van der Waals surface area contributed by atoms with Crippen molar-refractivity contribution in [3.05, 3.63) is 48.0 Å². The standard InChI is InChI=1S/C17H21N5O2/c1-12-20-17(24-21-12)16(13-5-9-23-10-6-13)19-11-14-3-2-4-15-18-7-8-22(14)15/h2-4,7-8,13,16,19H,5-6,9-11H2,1H3/t16-/m1/s1. The van der Waals surface area contributed by atoms with E-state index in [0.717, 1.165) is 37.4 Å². The second-order valence-corrected chi connectivity index (χ2v) is 6.16. The highest BCUT2D eigenvalue weighted by molar-refractivity contribution is 5.39. The number of ether oxygens (including phenoxy) is 1. The molecule has 1 aliphatic heterocycles. The van der Waals surface area contributed by atoms with Gasteiger partial charge in [-0.2, -0.15) is 4.98 Å². The van der Waals surface area contributed by atoms with Crippen molar-refractivity contribution in [3.63, 3.8) is 0 Å². The fourth-order valence-electron chi connectivity index (χ4n) is 3.31. The summed E-state index contributed by atoms with van der Waals surface area (Å²) < 4.78 is 13.0. The van der Waals surface area contributed by atoms with Crippen LogP contribution in [0.3, 0.4) is 0 Å². The number of nitrogens with zero attached hydrogens (tertiary/aromatic N) is 4. The first kappa shape index (κ1) is 15.3.